The summed E-state index contributed by atoms with van der Waals surface area (Å²) in [6, 6.07) is 8.90. The maximum absolute atomic E-state index is 13.3. The molecule has 0 bridgehead atoms. The number of rotatable bonds is 7. The van der Waals surface area contributed by atoms with Gasteiger partial charge in [-0.25, -0.2) is 9.78 Å². The number of carbonyl (C=O) groups excluding carboxylic acids is 2. The van der Waals surface area contributed by atoms with Gasteiger partial charge in [-0.15, -0.1) is 13.2 Å². The lowest BCUT2D eigenvalue weighted by Gasteiger charge is -2.30. The summed E-state index contributed by atoms with van der Waals surface area (Å²) in [7, 11) is 1.76. The van der Waals surface area contributed by atoms with Crippen molar-refractivity contribution in [1.82, 2.24) is 20.1 Å². The summed E-state index contributed by atoms with van der Waals surface area (Å²) in [5, 5.41) is 9.62. The van der Waals surface area contributed by atoms with E-state index in [-0.39, 0.29) is 24.7 Å². The Kier molecular flexibility index (Phi) is 7.10. The molecule has 13 heteroatoms. The van der Waals surface area contributed by atoms with E-state index in [1.807, 2.05) is 0 Å². The van der Waals surface area contributed by atoms with Gasteiger partial charge < -0.3 is 20.1 Å². The largest absolute Gasteiger partial charge is 0.573 e. The summed E-state index contributed by atoms with van der Waals surface area (Å²) in [6.45, 7) is 1.90. The lowest BCUT2D eigenvalue weighted by Crippen LogP contribution is -2.49. The van der Waals surface area contributed by atoms with Crippen LogP contribution in [0.3, 0.4) is 0 Å². The molecule has 1 aromatic carbocycles. The van der Waals surface area contributed by atoms with E-state index >= 15 is 0 Å². The van der Waals surface area contributed by atoms with E-state index in [0.717, 1.165) is 12.1 Å². The number of nitrogens with zero attached hydrogens (tertiary/aromatic N) is 4. The van der Waals surface area contributed by atoms with Crippen molar-refractivity contribution in [3.8, 4) is 17.1 Å². The molecule has 2 N–H and O–H groups in total. The first-order valence-electron chi connectivity index (χ1n) is 11.0. The molecule has 0 spiro atoms. The molecule has 2 aromatic heterocycles. The number of alkyl halides is 3. The predicted octanol–water partition coefficient (Wildman–Crippen LogP) is 3.63. The number of hydrogen-bond donors (Lipinski definition) is 2. The number of ether oxygens (including phenoxy) is 2. The van der Waals surface area contributed by atoms with Gasteiger partial charge in [-0.2, -0.15) is 5.10 Å². The first-order chi connectivity index (χ1) is 17.1. The molecule has 0 aliphatic carbocycles. The molecule has 3 heterocycles. The summed E-state index contributed by atoms with van der Waals surface area (Å²) in [6.07, 6.45) is -3.20. The Bertz CT molecular complexity index is 1250. The second kappa shape index (κ2) is 10.2. The highest BCUT2D eigenvalue weighted by Gasteiger charge is 2.32. The highest BCUT2D eigenvalue weighted by atomic mass is 19.4. The second-order valence-electron chi connectivity index (χ2n) is 7.82. The third kappa shape index (κ3) is 5.74. The van der Waals surface area contributed by atoms with Crippen LogP contribution in [0.2, 0.25) is 0 Å². The lowest BCUT2D eigenvalue weighted by molar-refractivity contribution is -0.274. The molecule has 190 valence electrons. The summed E-state index contributed by atoms with van der Waals surface area (Å²) in [4.78, 5) is 31.4. The van der Waals surface area contributed by atoms with Gasteiger partial charge in [0.2, 0.25) is 5.91 Å². The van der Waals surface area contributed by atoms with Crippen LogP contribution in [0.4, 0.5) is 29.5 Å². The van der Waals surface area contributed by atoms with Crippen molar-refractivity contribution in [2.45, 2.75) is 19.3 Å². The van der Waals surface area contributed by atoms with Gasteiger partial charge >= 0.3 is 12.4 Å². The van der Waals surface area contributed by atoms with Crippen LogP contribution < -0.4 is 20.3 Å². The number of anilines is 2. The molecule has 1 aliphatic rings. The Morgan fingerprint density at radius 3 is 2.58 bits per heavy atom. The number of amides is 3. The Morgan fingerprint density at radius 2 is 1.94 bits per heavy atom. The van der Waals surface area contributed by atoms with E-state index in [1.54, 1.807) is 43.0 Å². The zero-order valence-corrected chi connectivity index (χ0v) is 19.4. The lowest BCUT2D eigenvalue weighted by atomic mass is 10.1. The zero-order valence-electron chi connectivity index (χ0n) is 19.4. The molecule has 0 saturated carbocycles. The monoisotopic (exact) mass is 504 g/mol. The molecule has 1 unspecified atom stereocenters. The topological polar surface area (TPSA) is 111 Å². The van der Waals surface area contributed by atoms with Crippen LogP contribution in [0.25, 0.3) is 11.4 Å². The van der Waals surface area contributed by atoms with Gasteiger partial charge in [-0.05, 0) is 42.8 Å². The van der Waals surface area contributed by atoms with E-state index in [0.29, 0.717) is 29.2 Å². The minimum absolute atomic E-state index is 0.0527. The molecule has 0 radical (unpaired) electrons. The van der Waals surface area contributed by atoms with Crippen LogP contribution in [-0.2, 0) is 16.6 Å². The molecule has 3 aromatic rings. The van der Waals surface area contributed by atoms with E-state index in [4.69, 9.17) is 4.74 Å². The quantitative estimate of drug-likeness (QED) is 0.509. The Labute approximate surface area is 204 Å². The zero-order chi connectivity index (χ0) is 25.9. The van der Waals surface area contributed by atoms with Crippen molar-refractivity contribution in [3.05, 3.63) is 54.2 Å². The summed E-state index contributed by atoms with van der Waals surface area (Å²) in [5.41, 5.74) is 2.12. The van der Waals surface area contributed by atoms with Gasteiger partial charge in [-0.3, -0.25) is 14.4 Å². The number of halogens is 3. The minimum Gasteiger partial charge on any atom is -0.406 e. The average Bonchev–Trinajstić information content (AvgIpc) is 3.26. The van der Waals surface area contributed by atoms with E-state index < -0.39 is 24.3 Å². The number of fused-ring (bicyclic) bond motifs is 1. The van der Waals surface area contributed by atoms with Gasteiger partial charge in [0.15, 0.2) is 5.82 Å². The average molecular weight is 504 g/mol. The van der Waals surface area contributed by atoms with Crippen molar-refractivity contribution in [3.63, 3.8) is 0 Å². The van der Waals surface area contributed by atoms with Gasteiger partial charge in [-0.1, -0.05) is 12.1 Å². The molecule has 1 atom stereocenters. The number of hydrogen-bond acceptors (Lipinski definition) is 6. The summed E-state index contributed by atoms with van der Waals surface area (Å²) in [5.74, 6) is -0.543. The Morgan fingerprint density at radius 1 is 1.19 bits per heavy atom. The fourth-order valence-electron chi connectivity index (χ4n) is 3.68. The number of nitrogens with one attached hydrogen (secondary N) is 2. The molecule has 1 aliphatic heterocycles. The highest BCUT2D eigenvalue weighted by Crippen LogP contribution is 2.31. The molecular weight excluding hydrogens is 481 g/mol. The van der Waals surface area contributed by atoms with E-state index in [2.05, 4.69) is 25.5 Å². The Hall–Kier alpha value is -4.13. The van der Waals surface area contributed by atoms with Gasteiger partial charge in [0.1, 0.15) is 12.3 Å². The van der Waals surface area contributed by atoms with Gasteiger partial charge in [0.25, 0.3) is 0 Å². The number of aryl methyl sites for hydroxylation is 1. The maximum Gasteiger partial charge on any atom is 0.573 e. The second-order valence-corrected chi connectivity index (χ2v) is 7.82. The molecule has 36 heavy (non-hydrogen) atoms. The van der Waals surface area contributed by atoms with Crippen molar-refractivity contribution in [1.29, 1.82) is 0 Å². The van der Waals surface area contributed by atoms with Crippen molar-refractivity contribution in [2.24, 2.45) is 7.05 Å². The van der Waals surface area contributed by atoms with Crippen LogP contribution in [0.1, 0.15) is 18.5 Å². The fraction of sp³-hybridized carbons (Fsp3) is 0.304. The SMILES string of the molecule is CCOCC(NC(=O)N1CC(=O)Nc2ccc(-c3ccnn3C)nc21)c1ccc(OC(F)(F)F)cc1. The summed E-state index contributed by atoms with van der Waals surface area (Å²) >= 11 is 0. The first kappa shape index (κ1) is 25.0. The van der Waals surface area contributed by atoms with Crippen LogP contribution in [0.5, 0.6) is 5.75 Å². The van der Waals surface area contributed by atoms with Gasteiger partial charge in [0.05, 0.1) is 29.7 Å². The van der Waals surface area contributed by atoms with Crippen LogP contribution in [0, 0.1) is 0 Å². The number of urea groups is 1. The molecule has 0 fully saturated rings. The molecule has 3 amide bonds. The van der Waals surface area contributed by atoms with Crippen LogP contribution >= 0.6 is 0 Å². The smallest absolute Gasteiger partial charge is 0.406 e. The number of aromatic nitrogens is 3. The van der Waals surface area contributed by atoms with E-state index in [1.165, 1.54) is 17.0 Å². The predicted molar refractivity (Wildman–Crippen MR) is 123 cm³/mol. The number of pyridine rings is 1. The molecule has 10 nitrogen and oxygen atoms in total. The van der Waals surface area contributed by atoms with Crippen LogP contribution in [0.15, 0.2) is 48.7 Å². The molecule has 4 rings (SSSR count). The molecule has 0 saturated heterocycles. The number of benzene rings is 1. The third-order valence-corrected chi connectivity index (χ3v) is 5.34. The minimum atomic E-state index is -4.82. The Balaban J connectivity index is 1.59. The maximum atomic E-state index is 13.3. The first-order valence-corrected chi connectivity index (χ1v) is 11.0. The van der Waals surface area contributed by atoms with Crippen molar-refractivity contribution in [2.75, 3.05) is 30.0 Å². The standard InChI is InChI=1S/C23H23F3N6O4/c1-3-35-13-18(14-4-6-15(7-5-14)36-23(24,25)26)30-22(34)32-12-20(33)28-17-9-8-16(29-21(17)32)19-10-11-27-31(19)2/h4-11,18H,3,12-13H2,1-2H3,(H,28,33)(H,30,34). The van der Waals surface area contributed by atoms with Crippen molar-refractivity contribution >= 4 is 23.4 Å². The number of carbonyl (C=O) groups is 2. The fourth-order valence-corrected chi connectivity index (χ4v) is 3.68. The normalized spacial score (nSPS) is 14.1. The third-order valence-electron chi connectivity index (χ3n) is 5.34. The van der Waals surface area contributed by atoms with Crippen molar-refractivity contribution < 1.29 is 32.2 Å². The molecular formula is C23H23F3N6O4. The van der Waals surface area contributed by atoms with Crippen LogP contribution in [-0.4, -0.2) is 52.8 Å². The van der Waals surface area contributed by atoms with E-state index in [9.17, 15) is 22.8 Å². The summed E-state index contributed by atoms with van der Waals surface area (Å²) < 4.78 is 48.5. The van der Waals surface area contributed by atoms with Gasteiger partial charge in [0, 0.05) is 19.9 Å². The highest BCUT2D eigenvalue weighted by molar-refractivity contribution is 6.08.